The van der Waals surface area contributed by atoms with Gasteiger partial charge in [0.25, 0.3) is 0 Å². The Morgan fingerprint density at radius 3 is 1.64 bits per heavy atom. The van der Waals surface area contributed by atoms with Crippen LogP contribution in [0.2, 0.25) is 0 Å². The van der Waals surface area contributed by atoms with E-state index in [9.17, 15) is 0 Å². The van der Waals surface area contributed by atoms with E-state index in [0.717, 1.165) is 44.2 Å². The van der Waals surface area contributed by atoms with Crippen molar-refractivity contribution in [3.8, 4) is 56.4 Å². The summed E-state index contributed by atoms with van der Waals surface area (Å²) in [5.74, 6) is 1.75. The van der Waals surface area contributed by atoms with Gasteiger partial charge in [-0.3, -0.25) is 0 Å². The third kappa shape index (κ3) is 5.75. The predicted octanol–water partition coefficient (Wildman–Crippen LogP) is 16.3. The third-order valence-corrected chi connectivity index (χ3v) is 15.0. The number of thiophene rings is 1. The van der Waals surface area contributed by atoms with Crippen molar-refractivity contribution in [2.45, 2.75) is 5.41 Å². The van der Waals surface area contributed by atoms with Crippen molar-refractivity contribution < 1.29 is 4.42 Å². The van der Waals surface area contributed by atoms with Crippen molar-refractivity contribution in [3.05, 3.63) is 247 Å². The van der Waals surface area contributed by atoms with Crippen LogP contribution in [0.15, 0.2) is 229 Å². The van der Waals surface area contributed by atoms with Gasteiger partial charge in [0.2, 0.25) is 0 Å². The third-order valence-electron chi connectivity index (χ3n) is 13.8. The van der Waals surface area contributed by atoms with E-state index in [0.29, 0.717) is 17.5 Å². The van der Waals surface area contributed by atoms with Crippen LogP contribution in [0.4, 0.5) is 0 Å². The highest BCUT2D eigenvalue weighted by Crippen LogP contribution is 2.56. The predicted molar refractivity (Wildman–Crippen MR) is 277 cm³/mol. The number of fused-ring (bicyclic) bond motifs is 10. The first-order valence-electron chi connectivity index (χ1n) is 22.7. The van der Waals surface area contributed by atoms with E-state index in [1.807, 2.05) is 41.7 Å². The second-order valence-electron chi connectivity index (χ2n) is 17.4. The largest absolute Gasteiger partial charge is 0.455 e. The highest BCUT2D eigenvalue weighted by Gasteiger charge is 2.45. The fourth-order valence-corrected chi connectivity index (χ4v) is 12.0. The van der Waals surface area contributed by atoms with Gasteiger partial charge in [0.05, 0.1) is 11.0 Å². The molecule has 0 radical (unpaired) electrons. The molecule has 0 atom stereocenters. The summed E-state index contributed by atoms with van der Waals surface area (Å²) in [5.41, 5.74) is 13.6. The zero-order valence-electron chi connectivity index (χ0n) is 36.0. The molecule has 0 bridgehead atoms. The van der Waals surface area contributed by atoms with Crippen molar-refractivity contribution in [2.75, 3.05) is 0 Å². The SMILES string of the molecule is c1ccc(-c2nc(-c3ccc(C4(c5ccccc5)c5ccccc5-c5ccccc54)cc3)nc(-c3cccc4c3oc3ccc(-c5cccc6c5sc5cc7ccccc7cc56)cc34)n2)cc1. The fourth-order valence-electron chi connectivity index (χ4n) is 10.8. The number of furan rings is 1. The Morgan fingerprint density at radius 2 is 0.910 bits per heavy atom. The molecular formula is C62H37N3OS. The topological polar surface area (TPSA) is 51.8 Å². The second-order valence-corrected chi connectivity index (χ2v) is 18.5. The van der Waals surface area contributed by atoms with Gasteiger partial charge >= 0.3 is 0 Å². The quantitative estimate of drug-likeness (QED) is 0.167. The molecule has 0 spiro atoms. The van der Waals surface area contributed by atoms with Gasteiger partial charge < -0.3 is 4.42 Å². The first-order valence-corrected chi connectivity index (χ1v) is 23.5. The second kappa shape index (κ2) is 14.8. The molecule has 312 valence electrons. The summed E-state index contributed by atoms with van der Waals surface area (Å²) in [6.07, 6.45) is 0. The van der Waals surface area contributed by atoms with E-state index in [-0.39, 0.29) is 0 Å². The first-order chi connectivity index (χ1) is 33.2. The van der Waals surface area contributed by atoms with Crippen LogP contribution < -0.4 is 0 Å². The molecule has 0 saturated heterocycles. The Labute approximate surface area is 390 Å². The average molecular weight is 872 g/mol. The van der Waals surface area contributed by atoms with Gasteiger partial charge in [0.15, 0.2) is 17.5 Å². The van der Waals surface area contributed by atoms with E-state index in [1.165, 1.54) is 69.9 Å². The molecule has 13 aromatic rings. The van der Waals surface area contributed by atoms with Gasteiger partial charge in [0, 0.05) is 42.1 Å². The summed E-state index contributed by atoms with van der Waals surface area (Å²) in [6.45, 7) is 0. The van der Waals surface area contributed by atoms with Crippen LogP contribution >= 0.6 is 11.3 Å². The molecule has 0 aliphatic heterocycles. The van der Waals surface area contributed by atoms with Gasteiger partial charge in [-0.2, -0.15) is 0 Å². The van der Waals surface area contributed by atoms with Gasteiger partial charge in [-0.25, -0.2) is 15.0 Å². The number of aromatic nitrogens is 3. The summed E-state index contributed by atoms with van der Waals surface area (Å²) >= 11 is 1.86. The summed E-state index contributed by atoms with van der Waals surface area (Å²) in [7, 11) is 0. The van der Waals surface area contributed by atoms with Gasteiger partial charge in [-0.1, -0.05) is 194 Å². The monoisotopic (exact) mass is 871 g/mol. The molecule has 0 unspecified atom stereocenters. The number of hydrogen-bond acceptors (Lipinski definition) is 5. The lowest BCUT2D eigenvalue weighted by atomic mass is 9.67. The molecule has 0 N–H and O–H groups in total. The number of para-hydroxylation sites is 1. The highest BCUT2D eigenvalue weighted by atomic mass is 32.1. The minimum absolute atomic E-state index is 0.497. The van der Waals surface area contributed by atoms with E-state index in [1.54, 1.807) is 0 Å². The van der Waals surface area contributed by atoms with Gasteiger partial charge in [0.1, 0.15) is 11.2 Å². The molecule has 3 heterocycles. The fraction of sp³-hybridized carbons (Fsp3) is 0.0161. The van der Waals surface area contributed by atoms with E-state index in [4.69, 9.17) is 19.4 Å². The summed E-state index contributed by atoms with van der Waals surface area (Å²) in [5, 5.41) is 7.16. The van der Waals surface area contributed by atoms with Crippen LogP contribution in [0.1, 0.15) is 22.3 Å². The van der Waals surface area contributed by atoms with Crippen LogP contribution in [-0.2, 0) is 5.41 Å². The molecular weight excluding hydrogens is 835 g/mol. The van der Waals surface area contributed by atoms with Crippen molar-refractivity contribution in [1.29, 1.82) is 0 Å². The molecule has 4 nitrogen and oxygen atoms in total. The molecule has 67 heavy (non-hydrogen) atoms. The number of hydrogen-bond donors (Lipinski definition) is 0. The maximum atomic E-state index is 6.79. The highest BCUT2D eigenvalue weighted by molar-refractivity contribution is 7.26. The van der Waals surface area contributed by atoms with Crippen LogP contribution in [0.5, 0.6) is 0 Å². The normalized spacial score (nSPS) is 12.9. The lowest BCUT2D eigenvalue weighted by molar-refractivity contribution is 0.669. The maximum absolute atomic E-state index is 6.79. The minimum atomic E-state index is -0.497. The van der Waals surface area contributed by atoms with Crippen LogP contribution in [-0.4, -0.2) is 15.0 Å². The van der Waals surface area contributed by atoms with Gasteiger partial charge in [-0.05, 0) is 85.6 Å². The zero-order chi connectivity index (χ0) is 44.1. The molecule has 0 amide bonds. The molecule has 3 aromatic heterocycles. The average Bonchev–Trinajstić information content (AvgIpc) is 4.06. The molecule has 0 saturated carbocycles. The lowest BCUT2D eigenvalue weighted by Gasteiger charge is -2.34. The van der Waals surface area contributed by atoms with E-state index >= 15 is 0 Å². The standard InChI is InChI=1S/C62H37N3OS/c1-3-15-38(16-4-1)59-63-60(39-29-32-44(33-30-39)62(43-19-5-2-6-20-43)53-27-11-9-21-46(53)47-22-10-12-28-54(47)62)65-61(64-59)50-26-14-24-48-51-36-42(31-34-55(51)66-57(48)50)45-23-13-25-49-52-35-40-17-7-8-18-41(40)37-56(52)67-58(45)49/h1-37H. The number of benzene rings is 10. The van der Waals surface area contributed by atoms with Crippen molar-refractivity contribution >= 4 is 64.2 Å². The van der Waals surface area contributed by atoms with Crippen molar-refractivity contribution in [1.82, 2.24) is 15.0 Å². The molecule has 10 aromatic carbocycles. The maximum Gasteiger partial charge on any atom is 0.167 e. The molecule has 5 heteroatoms. The molecule has 1 aliphatic rings. The number of rotatable bonds is 6. The number of nitrogens with zero attached hydrogens (tertiary/aromatic N) is 3. The van der Waals surface area contributed by atoms with E-state index < -0.39 is 5.41 Å². The smallest absolute Gasteiger partial charge is 0.167 e. The summed E-state index contributed by atoms with van der Waals surface area (Å²) in [4.78, 5) is 15.6. The van der Waals surface area contributed by atoms with E-state index in [2.05, 4.69) is 194 Å². The zero-order valence-corrected chi connectivity index (χ0v) is 36.8. The Bertz CT molecular complexity index is 4050. The molecule has 14 rings (SSSR count). The Kier molecular flexibility index (Phi) is 8.33. The van der Waals surface area contributed by atoms with Crippen LogP contribution in [0, 0.1) is 0 Å². The molecule has 1 aliphatic carbocycles. The van der Waals surface area contributed by atoms with Crippen molar-refractivity contribution in [3.63, 3.8) is 0 Å². The first kappa shape index (κ1) is 37.8. The Balaban J connectivity index is 0.903. The summed E-state index contributed by atoms with van der Waals surface area (Å²) in [6, 6.07) is 80.3. The Hall–Kier alpha value is -8.51. The van der Waals surface area contributed by atoms with Crippen molar-refractivity contribution in [2.24, 2.45) is 0 Å². The van der Waals surface area contributed by atoms with Gasteiger partial charge in [-0.15, -0.1) is 11.3 Å². The van der Waals surface area contributed by atoms with Crippen LogP contribution in [0.3, 0.4) is 0 Å². The molecule has 0 fully saturated rings. The minimum Gasteiger partial charge on any atom is -0.455 e. The Morgan fingerprint density at radius 1 is 0.358 bits per heavy atom. The lowest BCUT2D eigenvalue weighted by Crippen LogP contribution is -2.28. The summed E-state index contributed by atoms with van der Waals surface area (Å²) < 4.78 is 9.37. The van der Waals surface area contributed by atoms with Crippen LogP contribution in [0.25, 0.3) is 109 Å².